The smallest absolute Gasteiger partial charge is 0.121 e. The molecule has 0 saturated heterocycles. The summed E-state index contributed by atoms with van der Waals surface area (Å²) >= 11 is 0. The predicted octanol–water partition coefficient (Wildman–Crippen LogP) is 2.95. The molecule has 1 heterocycles. The van der Waals surface area contributed by atoms with Crippen molar-refractivity contribution in [3.63, 3.8) is 0 Å². The van der Waals surface area contributed by atoms with E-state index in [1.807, 2.05) is 36.4 Å². The van der Waals surface area contributed by atoms with Gasteiger partial charge in [0.1, 0.15) is 5.75 Å². The van der Waals surface area contributed by atoms with Crippen LogP contribution in [-0.2, 0) is 6.54 Å². The highest BCUT2D eigenvalue weighted by molar-refractivity contribution is 5.79. The third kappa shape index (κ3) is 1.82. The minimum atomic E-state index is 0.757. The van der Waals surface area contributed by atoms with Crippen molar-refractivity contribution in [3.8, 4) is 5.75 Å². The molecule has 0 spiro atoms. The Morgan fingerprint density at radius 1 is 1.06 bits per heavy atom. The second-order valence-corrected chi connectivity index (χ2v) is 4.31. The first-order chi connectivity index (χ1) is 8.76. The van der Waals surface area contributed by atoms with Gasteiger partial charge in [-0.2, -0.15) is 0 Å². The number of benzene rings is 2. The molecule has 0 atom stereocenters. The highest BCUT2D eigenvalue weighted by atomic mass is 16.5. The highest BCUT2D eigenvalue weighted by Crippen LogP contribution is 2.34. The summed E-state index contributed by atoms with van der Waals surface area (Å²) in [5.41, 5.74) is 10.9. The molecule has 4 heteroatoms. The van der Waals surface area contributed by atoms with Gasteiger partial charge in [-0.15, -0.1) is 0 Å². The van der Waals surface area contributed by atoms with Crippen LogP contribution < -0.4 is 21.1 Å². The van der Waals surface area contributed by atoms with Crippen molar-refractivity contribution >= 4 is 22.7 Å². The topological polar surface area (TPSA) is 59.3 Å². The van der Waals surface area contributed by atoms with Gasteiger partial charge in [0, 0.05) is 24.0 Å². The summed E-state index contributed by atoms with van der Waals surface area (Å²) in [6.07, 6.45) is 0. The molecule has 1 aliphatic heterocycles. The lowest BCUT2D eigenvalue weighted by Gasteiger charge is -2.10. The molecule has 92 valence electrons. The van der Waals surface area contributed by atoms with E-state index in [1.165, 1.54) is 0 Å². The molecule has 0 saturated carbocycles. The first kappa shape index (κ1) is 10.8. The quantitative estimate of drug-likeness (QED) is 0.672. The normalized spacial score (nSPS) is 12.5. The number of nitrogens with one attached hydrogen (secondary N) is 2. The van der Waals surface area contributed by atoms with E-state index < -0.39 is 0 Å². The van der Waals surface area contributed by atoms with E-state index in [4.69, 9.17) is 10.5 Å². The number of rotatable bonds is 1. The van der Waals surface area contributed by atoms with Gasteiger partial charge in [0.2, 0.25) is 0 Å². The van der Waals surface area contributed by atoms with Crippen LogP contribution in [0.1, 0.15) is 5.56 Å². The number of nitrogen functional groups attached to an aromatic ring is 1. The van der Waals surface area contributed by atoms with E-state index in [2.05, 4.69) is 10.6 Å². The molecule has 0 aromatic heterocycles. The third-order valence-corrected chi connectivity index (χ3v) is 3.09. The highest BCUT2D eigenvalue weighted by Gasteiger charge is 2.12. The Balaban J connectivity index is 2.04. The first-order valence-corrected chi connectivity index (χ1v) is 5.83. The minimum Gasteiger partial charge on any atom is -0.497 e. The molecule has 0 unspecified atom stereocenters. The van der Waals surface area contributed by atoms with E-state index >= 15 is 0 Å². The fraction of sp³-hybridized carbons (Fsp3) is 0.143. The second-order valence-electron chi connectivity index (χ2n) is 4.31. The molecular formula is C14H15N3O. The number of nitrogens with two attached hydrogens (primary N) is 1. The Morgan fingerprint density at radius 2 is 1.89 bits per heavy atom. The minimum absolute atomic E-state index is 0.757. The molecule has 0 amide bonds. The molecule has 4 N–H and O–H groups in total. The van der Waals surface area contributed by atoms with Crippen LogP contribution in [0, 0.1) is 0 Å². The van der Waals surface area contributed by atoms with Gasteiger partial charge >= 0.3 is 0 Å². The van der Waals surface area contributed by atoms with E-state index in [0.29, 0.717) is 0 Å². The molecule has 4 nitrogen and oxygen atoms in total. The fourth-order valence-corrected chi connectivity index (χ4v) is 2.13. The standard InChI is InChI=1S/C14H15N3O/c1-18-11-3-5-13-14(7-11)17-12-4-2-10(15)6-9(12)8-16-13/h2-7,16-17H,8,15H2,1H3. The lowest BCUT2D eigenvalue weighted by atomic mass is 10.1. The zero-order chi connectivity index (χ0) is 12.5. The Morgan fingerprint density at radius 3 is 2.72 bits per heavy atom. The van der Waals surface area contributed by atoms with Crippen molar-refractivity contribution in [1.29, 1.82) is 0 Å². The van der Waals surface area contributed by atoms with E-state index in [-0.39, 0.29) is 0 Å². The lowest BCUT2D eigenvalue weighted by molar-refractivity contribution is 0.415. The molecule has 0 fully saturated rings. The van der Waals surface area contributed by atoms with Crippen molar-refractivity contribution in [1.82, 2.24) is 0 Å². The molecule has 0 radical (unpaired) electrons. The monoisotopic (exact) mass is 241 g/mol. The van der Waals surface area contributed by atoms with Crippen LogP contribution in [-0.4, -0.2) is 7.11 Å². The predicted molar refractivity (Wildman–Crippen MR) is 74.5 cm³/mol. The van der Waals surface area contributed by atoms with Gasteiger partial charge < -0.3 is 21.1 Å². The number of fused-ring (bicyclic) bond motifs is 2. The zero-order valence-electron chi connectivity index (χ0n) is 10.2. The second kappa shape index (κ2) is 4.14. The molecule has 3 rings (SSSR count). The Bertz CT molecular complexity index is 596. The van der Waals surface area contributed by atoms with Crippen LogP contribution in [0.4, 0.5) is 22.7 Å². The maximum Gasteiger partial charge on any atom is 0.121 e. The number of anilines is 4. The van der Waals surface area contributed by atoms with Gasteiger partial charge in [-0.1, -0.05) is 0 Å². The number of methoxy groups -OCH3 is 1. The van der Waals surface area contributed by atoms with E-state index in [1.54, 1.807) is 7.11 Å². The van der Waals surface area contributed by atoms with Gasteiger partial charge in [0.05, 0.1) is 18.5 Å². The maximum atomic E-state index is 5.81. The van der Waals surface area contributed by atoms with Gasteiger partial charge in [0.25, 0.3) is 0 Å². The average Bonchev–Trinajstić information content (AvgIpc) is 2.56. The first-order valence-electron chi connectivity index (χ1n) is 5.83. The molecule has 0 aliphatic carbocycles. The largest absolute Gasteiger partial charge is 0.497 e. The molecule has 18 heavy (non-hydrogen) atoms. The summed E-state index contributed by atoms with van der Waals surface area (Å²) in [6, 6.07) is 11.8. The molecule has 2 aromatic rings. The average molecular weight is 241 g/mol. The van der Waals surface area contributed by atoms with Crippen molar-refractivity contribution in [3.05, 3.63) is 42.0 Å². The van der Waals surface area contributed by atoms with Gasteiger partial charge in [-0.25, -0.2) is 0 Å². The van der Waals surface area contributed by atoms with Crippen LogP contribution in [0.2, 0.25) is 0 Å². The molecular weight excluding hydrogens is 226 g/mol. The van der Waals surface area contributed by atoms with Crippen LogP contribution in [0.25, 0.3) is 0 Å². The fourth-order valence-electron chi connectivity index (χ4n) is 2.13. The Labute approximate surface area is 106 Å². The van der Waals surface area contributed by atoms with Crippen molar-refractivity contribution in [2.75, 3.05) is 23.5 Å². The Hall–Kier alpha value is -2.36. The van der Waals surface area contributed by atoms with Crippen LogP contribution in [0.15, 0.2) is 36.4 Å². The van der Waals surface area contributed by atoms with Gasteiger partial charge in [-0.05, 0) is 35.9 Å². The summed E-state index contributed by atoms with van der Waals surface area (Å²) < 4.78 is 5.24. The molecule has 0 bridgehead atoms. The van der Waals surface area contributed by atoms with Crippen molar-refractivity contribution in [2.45, 2.75) is 6.54 Å². The summed E-state index contributed by atoms with van der Waals surface area (Å²) in [5.74, 6) is 0.835. The van der Waals surface area contributed by atoms with Crippen LogP contribution in [0.5, 0.6) is 5.75 Å². The molecule has 1 aliphatic rings. The van der Waals surface area contributed by atoms with Gasteiger partial charge in [-0.3, -0.25) is 0 Å². The number of hydrogen-bond donors (Lipinski definition) is 3. The summed E-state index contributed by atoms with van der Waals surface area (Å²) in [6.45, 7) is 0.757. The third-order valence-electron chi connectivity index (χ3n) is 3.09. The number of hydrogen-bond acceptors (Lipinski definition) is 4. The number of ether oxygens (including phenoxy) is 1. The summed E-state index contributed by atoms with van der Waals surface area (Å²) in [7, 11) is 1.67. The maximum absolute atomic E-state index is 5.81. The molecule has 2 aromatic carbocycles. The van der Waals surface area contributed by atoms with Crippen molar-refractivity contribution < 1.29 is 4.74 Å². The lowest BCUT2D eigenvalue weighted by Crippen LogP contribution is -1.98. The van der Waals surface area contributed by atoms with E-state index in [9.17, 15) is 0 Å². The Kier molecular flexibility index (Phi) is 2.48. The SMILES string of the molecule is COc1ccc2c(c1)Nc1ccc(N)cc1CN2. The summed E-state index contributed by atoms with van der Waals surface area (Å²) in [4.78, 5) is 0. The zero-order valence-corrected chi connectivity index (χ0v) is 10.2. The summed E-state index contributed by atoms with van der Waals surface area (Å²) in [5, 5.41) is 6.79. The van der Waals surface area contributed by atoms with E-state index in [0.717, 1.165) is 40.6 Å². The van der Waals surface area contributed by atoms with Crippen LogP contribution >= 0.6 is 0 Å². The van der Waals surface area contributed by atoms with Crippen LogP contribution in [0.3, 0.4) is 0 Å². The van der Waals surface area contributed by atoms with Gasteiger partial charge in [0.15, 0.2) is 0 Å². The van der Waals surface area contributed by atoms with Crippen molar-refractivity contribution in [2.24, 2.45) is 0 Å².